The molecular formula is C19H20F2N2O4S2. The molecule has 6 nitrogen and oxygen atoms in total. The van der Waals surface area contributed by atoms with Crippen molar-refractivity contribution in [2.75, 3.05) is 33.3 Å². The maximum absolute atomic E-state index is 12.8. The lowest BCUT2D eigenvalue weighted by molar-refractivity contribution is 0.0698. The zero-order valence-electron chi connectivity index (χ0n) is 15.6. The number of rotatable bonds is 6. The van der Waals surface area contributed by atoms with Gasteiger partial charge in [-0.25, -0.2) is 8.42 Å². The Kier molecular flexibility index (Phi) is 6.76. The third-order valence-corrected chi connectivity index (χ3v) is 7.18. The van der Waals surface area contributed by atoms with E-state index in [4.69, 9.17) is 4.74 Å². The third-order valence-electron chi connectivity index (χ3n) is 4.55. The Morgan fingerprint density at radius 1 is 1.00 bits per heavy atom. The largest absolute Gasteiger partial charge is 0.497 e. The highest BCUT2D eigenvalue weighted by Gasteiger charge is 2.30. The summed E-state index contributed by atoms with van der Waals surface area (Å²) in [5.41, 5.74) is 0.384. The lowest BCUT2D eigenvalue weighted by atomic mass is 10.2. The van der Waals surface area contributed by atoms with Gasteiger partial charge in [-0.3, -0.25) is 4.79 Å². The van der Waals surface area contributed by atoms with E-state index in [0.717, 1.165) is 0 Å². The summed E-state index contributed by atoms with van der Waals surface area (Å²) in [6.07, 6.45) is 0. The molecule has 0 aliphatic carbocycles. The van der Waals surface area contributed by atoms with E-state index in [-0.39, 0.29) is 37.0 Å². The molecule has 2 aromatic rings. The van der Waals surface area contributed by atoms with Crippen LogP contribution in [0.3, 0.4) is 0 Å². The molecule has 0 spiro atoms. The van der Waals surface area contributed by atoms with Crippen LogP contribution in [-0.2, 0) is 10.0 Å². The number of piperazine rings is 1. The summed E-state index contributed by atoms with van der Waals surface area (Å²) < 4.78 is 56.7. The van der Waals surface area contributed by atoms with Gasteiger partial charge in [-0.1, -0.05) is 11.8 Å². The molecule has 1 aliphatic rings. The summed E-state index contributed by atoms with van der Waals surface area (Å²) in [5.74, 6) is -2.20. The third kappa shape index (κ3) is 5.06. The maximum atomic E-state index is 12.8. The highest BCUT2D eigenvalue weighted by molar-refractivity contribution is 7.99. The molecule has 1 saturated heterocycles. The number of amides is 1. The molecule has 1 aliphatic heterocycles. The van der Waals surface area contributed by atoms with E-state index < -0.39 is 15.8 Å². The first-order valence-electron chi connectivity index (χ1n) is 8.79. The van der Waals surface area contributed by atoms with E-state index in [0.29, 0.717) is 28.0 Å². The average molecular weight is 443 g/mol. The number of hydrogen-bond acceptors (Lipinski definition) is 5. The number of ether oxygens (including phenoxy) is 1. The molecule has 2 aromatic carbocycles. The summed E-state index contributed by atoms with van der Waals surface area (Å²) in [6, 6.07) is 12.1. The van der Waals surface area contributed by atoms with E-state index >= 15 is 0 Å². The van der Waals surface area contributed by atoms with Gasteiger partial charge in [0.25, 0.3) is 11.7 Å². The zero-order chi connectivity index (χ0) is 21.0. The first kappa shape index (κ1) is 21.5. The molecule has 10 heteroatoms. The molecule has 0 radical (unpaired) electrons. The van der Waals surface area contributed by atoms with Gasteiger partial charge in [0.1, 0.15) is 5.75 Å². The molecule has 0 unspecified atom stereocenters. The first-order chi connectivity index (χ1) is 13.8. The minimum absolute atomic E-state index is 0.171. The number of halogens is 2. The van der Waals surface area contributed by atoms with Crippen LogP contribution in [0.4, 0.5) is 8.78 Å². The Hall–Kier alpha value is -2.17. The second-order valence-electron chi connectivity index (χ2n) is 6.27. The van der Waals surface area contributed by atoms with Gasteiger partial charge >= 0.3 is 0 Å². The Morgan fingerprint density at radius 3 is 2.10 bits per heavy atom. The zero-order valence-corrected chi connectivity index (χ0v) is 17.3. The molecule has 1 fully saturated rings. The predicted molar refractivity (Wildman–Crippen MR) is 106 cm³/mol. The summed E-state index contributed by atoms with van der Waals surface area (Å²) in [5, 5.41) is 0. The van der Waals surface area contributed by atoms with Crippen molar-refractivity contribution in [3.05, 3.63) is 54.1 Å². The Labute approximate surface area is 172 Å². The van der Waals surface area contributed by atoms with Crippen LogP contribution in [0.1, 0.15) is 10.4 Å². The van der Waals surface area contributed by atoms with E-state index in [1.54, 1.807) is 17.0 Å². The van der Waals surface area contributed by atoms with Gasteiger partial charge in [0.05, 0.1) is 12.0 Å². The van der Waals surface area contributed by atoms with Gasteiger partial charge in [0.2, 0.25) is 10.0 Å². The van der Waals surface area contributed by atoms with E-state index in [2.05, 4.69) is 0 Å². The normalized spacial score (nSPS) is 15.5. The molecule has 1 amide bonds. The number of thioether (sulfide) groups is 1. The van der Waals surface area contributed by atoms with Crippen molar-refractivity contribution in [1.29, 1.82) is 0 Å². The SMILES string of the molecule is COc1ccc(S(=O)(=O)N2CCN(C(=O)c3ccc(SC(F)F)cc3)CC2)cc1. The van der Waals surface area contributed by atoms with Gasteiger partial charge in [-0.15, -0.1) is 0 Å². The minimum atomic E-state index is -3.65. The van der Waals surface area contributed by atoms with Crippen molar-refractivity contribution < 1.29 is 26.7 Å². The quantitative estimate of drug-likeness (QED) is 0.643. The smallest absolute Gasteiger partial charge is 0.288 e. The average Bonchev–Trinajstić information content (AvgIpc) is 2.73. The highest BCUT2D eigenvalue weighted by Crippen LogP contribution is 2.26. The second kappa shape index (κ2) is 9.10. The fourth-order valence-corrected chi connectivity index (χ4v) is 4.91. The molecule has 0 N–H and O–H groups in total. The topological polar surface area (TPSA) is 66.9 Å². The molecule has 156 valence electrons. The number of hydrogen-bond donors (Lipinski definition) is 0. The standard InChI is InChI=1S/C19H20F2N2O4S2/c1-27-15-4-8-17(9-5-15)29(25,26)23-12-10-22(11-13-23)18(24)14-2-6-16(7-3-14)28-19(20)21/h2-9,19H,10-13H2,1H3. The number of methoxy groups -OCH3 is 1. The molecule has 0 saturated carbocycles. The van der Waals surface area contributed by atoms with Crippen molar-refractivity contribution in [3.8, 4) is 5.75 Å². The van der Waals surface area contributed by atoms with Crippen LogP contribution in [0.15, 0.2) is 58.3 Å². The predicted octanol–water partition coefficient (Wildman–Crippen LogP) is 3.16. The molecular weight excluding hydrogens is 422 g/mol. The van der Waals surface area contributed by atoms with Gasteiger partial charge in [-0.05, 0) is 48.5 Å². The van der Waals surface area contributed by atoms with Crippen molar-refractivity contribution in [2.45, 2.75) is 15.5 Å². The Morgan fingerprint density at radius 2 is 1.59 bits per heavy atom. The fraction of sp³-hybridized carbons (Fsp3) is 0.316. The number of sulfonamides is 1. The fourth-order valence-electron chi connectivity index (χ4n) is 2.99. The summed E-state index contributed by atoms with van der Waals surface area (Å²) >= 11 is 0.418. The lowest BCUT2D eigenvalue weighted by Crippen LogP contribution is -2.50. The van der Waals surface area contributed by atoms with Crippen molar-refractivity contribution in [2.24, 2.45) is 0 Å². The van der Waals surface area contributed by atoms with E-state index in [1.807, 2.05) is 0 Å². The van der Waals surface area contributed by atoms with E-state index in [9.17, 15) is 22.0 Å². The van der Waals surface area contributed by atoms with Crippen molar-refractivity contribution in [3.63, 3.8) is 0 Å². The van der Waals surface area contributed by atoms with Crippen LogP contribution in [0.25, 0.3) is 0 Å². The monoisotopic (exact) mass is 442 g/mol. The molecule has 29 heavy (non-hydrogen) atoms. The molecule has 1 heterocycles. The van der Waals surface area contributed by atoms with Gasteiger partial charge in [-0.2, -0.15) is 13.1 Å². The van der Waals surface area contributed by atoms with Crippen LogP contribution >= 0.6 is 11.8 Å². The summed E-state index contributed by atoms with van der Waals surface area (Å²) in [4.78, 5) is 14.7. The Bertz CT molecular complexity index is 943. The van der Waals surface area contributed by atoms with Crippen molar-refractivity contribution in [1.82, 2.24) is 9.21 Å². The van der Waals surface area contributed by atoms with Crippen LogP contribution in [0.2, 0.25) is 0 Å². The second-order valence-corrected chi connectivity index (χ2v) is 9.28. The lowest BCUT2D eigenvalue weighted by Gasteiger charge is -2.34. The summed E-state index contributed by atoms with van der Waals surface area (Å²) in [7, 11) is -2.15. The van der Waals surface area contributed by atoms with Crippen LogP contribution in [0, 0.1) is 0 Å². The number of carbonyl (C=O) groups excluding carboxylic acids is 1. The van der Waals surface area contributed by atoms with Gasteiger partial charge in [0.15, 0.2) is 0 Å². The molecule has 0 aromatic heterocycles. The maximum Gasteiger partial charge on any atom is 0.288 e. The number of carbonyl (C=O) groups is 1. The number of alkyl halides is 2. The van der Waals surface area contributed by atoms with Crippen LogP contribution in [-0.4, -0.2) is 62.6 Å². The molecule has 0 bridgehead atoms. The molecule has 3 rings (SSSR count). The van der Waals surface area contributed by atoms with Crippen LogP contribution < -0.4 is 4.74 Å². The first-order valence-corrected chi connectivity index (χ1v) is 11.1. The summed E-state index contributed by atoms with van der Waals surface area (Å²) in [6.45, 7) is 0.863. The van der Waals surface area contributed by atoms with Gasteiger partial charge in [0, 0.05) is 36.6 Å². The number of nitrogens with zero attached hydrogens (tertiary/aromatic N) is 2. The Balaban J connectivity index is 1.62. The van der Waals surface area contributed by atoms with Gasteiger partial charge < -0.3 is 9.64 Å². The van der Waals surface area contributed by atoms with Crippen LogP contribution in [0.5, 0.6) is 5.75 Å². The number of benzene rings is 2. The van der Waals surface area contributed by atoms with Crippen molar-refractivity contribution >= 4 is 27.7 Å². The molecule has 0 atom stereocenters. The van der Waals surface area contributed by atoms with E-state index in [1.165, 1.54) is 47.8 Å². The highest BCUT2D eigenvalue weighted by atomic mass is 32.2. The minimum Gasteiger partial charge on any atom is -0.497 e.